The number of hydrogen-bond donors (Lipinski definition) is 0. The van der Waals surface area contributed by atoms with E-state index in [1.165, 1.54) is 26.0 Å². The number of amides is 2. The van der Waals surface area contributed by atoms with Gasteiger partial charge in [0.2, 0.25) is 0 Å². The van der Waals surface area contributed by atoms with E-state index < -0.39 is 5.97 Å². The van der Waals surface area contributed by atoms with E-state index in [4.69, 9.17) is 18.9 Å². The molecule has 0 spiro atoms. The van der Waals surface area contributed by atoms with Gasteiger partial charge < -0.3 is 23.8 Å². The molecule has 2 aliphatic rings. The smallest absolute Gasteiger partial charge is 0.337 e. The number of rotatable bonds is 8. The Labute approximate surface area is 225 Å². The SMILES string of the molecule is CCN1C(=O)C(=Cc2cccc(OC)c2OCC(=O)N2CCOCC2)SC1=Nc1cccc(C(=O)OC)c1. The van der Waals surface area contributed by atoms with E-state index in [0.717, 1.165) is 0 Å². The minimum Gasteiger partial charge on any atom is -0.493 e. The van der Waals surface area contributed by atoms with Gasteiger partial charge in [-0.3, -0.25) is 14.5 Å². The summed E-state index contributed by atoms with van der Waals surface area (Å²) in [6, 6.07) is 12.0. The van der Waals surface area contributed by atoms with Gasteiger partial charge in [-0.25, -0.2) is 9.79 Å². The quantitative estimate of drug-likeness (QED) is 0.371. The van der Waals surface area contributed by atoms with Crippen molar-refractivity contribution in [2.24, 2.45) is 4.99 Å². The van der Waals surface area contributed by atoms with Gasteiger partial charge in [-0.05, 0) is 49.0 Å². The summed E-state index contributed by atoms with van der Waals surface area (Å²) in [6.07, 6.45) is 1.71. The highest BCUT2D eigenvalue weighted by Gasteiger charge is 2.33. The Balaban J connectivity index is 1.60. The van der Waals surface area contributed by atoms with E-state index in [1.807, 2.05) is 6.92 Å². The highest BCUT2D eigenvalue weighted by Crippen LogP contribution is 2.38. The van der Waals surface area contributed by atoms with Crippen LogP contribution in [0.1, 0.15) is 22.8 Å². The molecule has 0 saturated carbocycles. The van der Waals surface area contributed by atoms with Crippen LogP contribution in [0.5, 0.6) is 11.5 Å². The van der Waals surface area contributed by atoms with Gasteiger partial charge in [-0.2, -0.15) is 0 Å². The zero-order valence-corrected chi connectivity index (χ0v) is 22.3. The van der Waals surface area contributed by atoms with E-state index in [1.54, 1.807) is 58.3 Å². The van der Waals surface area contributed by atoms with Crippen LogP contribution < -0.4 is 9.47 Å². The fraction of sp³-hybridized carbons (Fsp3) is 0.333. The van der Waals surface area contributed by atoms with Crippen molar-refractivity contribution in [1.82, 2.24) is 9.80 Å². The van der Waals surface area contributed by atoms with Crippen molar-refractivity contribution in [2.45, 2.75) is 6.92 Å². The number of carbonyl (C=O) groups excluding carboxylic acids is 3. The lowest BCUT2D eigenvalue weighted by molar-refractivity contribution is -0.137. The van der Waals surface area contributed by atoms with Crippen molar-refractivity contribution < 1.29 is 33.3 Å². The maximum atomic E-state index is 13.2. The van der Waals surface area contributed by atoms with Crippen molar-refractivity contribution in [3.63, 3.8) is 0 Å². The van der Waals surface area contributed by atoms with E-state index >= 15 is 0 Å². The Bertz CT molecular complexity index is 1270. The van der Waals surface area contributed by atoms with Gasteiger partial charge >= 0.3 is 5.97 Å². The molecule has 0 N–H and O–H groups in total. The van der Waals surface area contributed by atoms with Crippen LogP contribution in [0.25, 0.3) is 6.08 Å². The number of methoxy groups -OCH3 is 2. The topological polar surface area (TPSA) is 107 Å². The summed E-state index contributed by atoms with van der Waals surface area (Å²) in [5, 5.41) is 0.485. The number of thioether (sulfide) groups is 1. The number of ether oxygens (including phenoxy) is 4. The third-order valence-electron chi connectivity index (χ3n) is 5.92. The zero-order valence-electron chi connectivity index (χ0n) is 21.5. The van der Waals surface area contributed by atoms with Gasteiger partial charge in [-0.15, -0.1) is 0 Å². The summed E-state index contributed by atoms with van der Waals surface area (Å²) in [6.45, 7) is 4.15. The second-order valence-electron chi connectivity index (χ2n) is 8.26. The van der Waals surface area contributed by atoms with Crippen LogP contribution in [0.15, 0.2) is 52.4 Å². The summed E-state index contributed by atoms with van der Waals surface area (Å²) in [4.78, 5) is 46.1. The lowest BCUT2D eigenvalue weighted by Gasteiger charge is -2.27. The van der Waals surface area contributed by atoms with Crippen LogP contribution >= 0.6 is 11.8 Å². The number of carbonyl (C=O) groups is 3. The molecule has 2 aromatic carbocycles. The first-order chi connectivity index (χ1) is 18.4. The normalized spacial score (nSPS) is 17.7. The summed E-state index contributed by atoms with van der Waals surface area (Å²) < 4.78 is 21.5. The highest BCUT2D eigenvalue weighted by molar-refractivity contribution is 8.18. The first-order valence-electron chi connectivity index (χ1n) is 12.1. The van der Waals surface area contributed by atoms with Crippen LogP contribution in [0.3, 0.4) is 0 Å². The fourth-order valence-corrected chi connectivity index (χ4v) is 5.00. The average molecular weight is 540 g/mol. The molecule has 2 fully saturated rings. The molecule has 0 atom stereocenters. The minimum absolute atomic E-state index is 0.148. The van der Waals surface area contributed by atoms with Crippen LogP contribution in [-0.4, -0.2) is 86.4 Å². The number of morpholine rings is 1. The van der Waals surface area contributed by atoms with E-state index in [0.29, 0.717) is 71.2 Å². The summed E-state index contributed by atoms with van der Waals surface area (Å²) in [5.41, 5.74) is 1.49. The number of aliphatic imine (C=N–C) groups is 1. The van der Waals surface area contributed by atoms with Gasteiger partial charge in [0, 0.05) is 25.2 Å². The molecule has 0 radical (unpaired) electrons. The number of hydrogen-bond acceptors (Lipinski definition) is 9. The fourth-order valence-electron chi connectivity index (χ4n) is 3.94. The largest absolute Gasteiger partial charge is 0.493 e. The standard InChI is InChI=1S/C27H29N3O7S/c1-4-30-25(32)22(38-27(30)28-20-9-5-8-19(15-20)26(33)35-3)16-18-7-6-10-21(34-2)24(18)37-17-23(31)29-11-13-36-14-12-29/h5-10,15-16H,4,11-14,17H2,1-3H3. The summed E-state index contributed by atoms with van der Waals surface area (Å²) in [7, 11) is 2.84. The molecule has 10 nitrogen and oxygen atoms in total. The molecule has 2 aromatic rings. The molecule has 4 rings (SSSR count). The first-order valence-corrected chi connectivity index (χ1v) is 12.9. The second kappa shape index (κ2) is 12.6. The van der Waals surface area contributed by atoms with Gasteiger partial charge in [0.15, 0.2) is 23.3 Å². The Kier molecular flexibility index (Phi) is 9.03. The summed E-state index contributed by atoms with van der Waals surface area (Å²) in [5.74, 6) is -0.00150. The molecule has 0 aliphatic carbocycles. The molecule has 0 bridgehead atoms. The van der Waals surface area contributed by atoms with Crippen molar-refractivity contribution in [3.8, 4) is 11.5 Å². The van der Waals surface area contributed by atoms with Gasteiger partial charge in [-0.1, -0.05) is 18.2 Å². The minimum atomic E-state index is -0.465. The molecule has 11 heteroatoms. The second-order valence-corrected chi connectivity index (χ2v) is 9.27. The van der Waals surface area contributed by atoms with Crippen LogP contribution in [0.2, 0.25) is 0 Å². The lowest BCUT2D eigenvalue weighted by atomic mass is 10.1. The third-order valence-corrected chi connectivity index (χ3v) is 6.92. The highest BCUT2D eigenvalue weighted by atomic mass is 32.2. The molecule has 2 amide bonds. The molecule has 2 aliphatic heterocycles. The predicted octanol–water partition coefficient (Wildman–Crippen LogP) is 3.34. The van der Waals surface area contributed by atoms with Crippen molar-refractivity contribution in [1.29, 1.82) is 0 Å². The molecular weight excluding hydrogens is 510 g/mol. The molecule has 38 heavy (non-hydrogen) atoms. The van der Waals surface area contributed by atoms with E-state index in [9.17, 15) is 14.4 Å². The maximum absolute atomic E-state index is 13.2. The molecular formula is C27H29N3O7S. The van der Waals surface area contributed by atoms with Crippen molar-refractivity contribution in [2.75, 3.05) is 53.7 Å². The number of likely N-dealkylation sites (N-methyl/N-ethyl adjacent to an activating group) is 1. The van der Waals surface area contributed by atoms with E-state index in [-0.39, 0.29) is 18.4 Å². The number of para-hydroxylation sites is 1. The number of benzene rings is 2. The number of amidine groups is 1. The Morgan fingerprint density at radius 3 is 2.61 bits per heavy atom. The summed E-state index contributed by atoms with van der Waals surface area (Å²) >= 11 is 1.22. The molecule has 2 heterocycles. The Hall–Kier alpha value is -3.83. The Morgan fingerprint density at radius 2 is 1.89 bits per heavy atom. The Morgan fingerprint density at radius 1 is 1.13 bits per heavy atom. The number of nitrogens with zero attached hydrogens (tertiary/aromatic N) is 3. The average Bonchev–Trinajstić information content (AvgIpc) is 3.24. The maximum Gasteiger partial charge on any atom is 0.337 e. The van der Waals surface area contributed by atoms with Crippen LogP contribution in [0.4, 0.5) is 5.69 Å². The van der Waals surface area contributed by atoms with Gasteiger partial charge in [0.25, 0.3) is 11.8 Å². The third kappa shape index (κ3) is 6.17. The van der Waals surface area contributed by atoms with Crippen LogP contribution in [-0.2, 0) is 19.1 Å². The van der Waals surface area contributed by atoms with Crippen LogP contribution in [0, 0.1) is 0 Å². The zero-order chi connectivity index (χ0) is 27.1. The van der Waals surface area contributed by atoms with Gasteiger partial charge in [0.1, 0.15) is 0 Å². The van der Waals surface area contributed by atoms with Crippen molar-refractivity contribution >= 4 is 46.5 Å². The molecule has 0 unspecified atom stereocenters. The first kappa shape index (κ1) is 27.2. The van der Waals surface area contributed by atoms with E-state index in [2.05, 4.69) is 4.99 Å². The number of esters is 1. The van der Waals surface area contributed by atoms with Gasteiger partial charge in [0.05, 0.1) is 43.6 Å². The molecule has 0 aromatic heterocycles. The molecule has 2 saturated heterocycles. The molecule has 200 valence electrons. The monoisotopic (exact) mass is 539 g/mol. The lowest BCUT2D eigenvalue weighted by Crippen LogP contribution is -2.43. The van der Waals surface area contributed by atoms with Crippen molar-refractivity contribution in [3.05, 3.63) is 58.5 Å². The predicted molar refractivity (Wildman–Crippen MR) is 144 cm³/mol.